The van der Waals surface area contributed by atoms with Gasteiger partial charge < -0.3 is 35.3 Å². The van der Waals surface area contributed by atoms with Crippen molar-refractivity contribution in [3.05, 3.63) is 22.7 Å². The topological polar surface area (TPSA) is 174 Å². The number of aliphatic hydroxyl groups is 3. The van der Waals surface area contributed by atoms with Gasteiger partial charge in [-0.25, -0.2) is 9.59 Å². The highest BCUT2D eigenvalue weighted by Gasteiger charge is 2.62. The van der Waals surface area contributed by atoms with Crippen molar-refractivity contribution in [2.75, 3.05) is 18.9 Å². The number of aromatic nitrogens is 2. The Kier molecular flexibility index (Phi) is 6.08. The summed E-state index contributed by atoms with van der Waals surface area (Å²) in [5.74, 6) is -1.39. The van der Waals surface area contributed by atoms with E-state index in [2.05, 4.69) is 4.98 Å². The molecule has 1 aliphatic rings. The average Bonchev–Trinajstić information content (AvgIpc) is 2.84. The number of nitrogen functional groups attached to an aromatic ring is 1. The van der Waals surface area contributed by atoms with Crippen LogP contribution < -0.4 is 11.4 Å². The highest BCUT2D eigenvalue weighted by atomic mass is 16.6. The number of carbonyl (C=O) groups excluding carboxylic acids is 2. The molecule has 2 rings (SSSR count). The van der Waals surface area contributed by atoms with Crippen LogP contribution in [0.2, 0.25) is 0 Å². The lowest BCUT2D eigenvalue weighted by Gasteiger charge is -2.31. The predicted molar refractivity (Wildman–Crippen MR) is 85.7 cm³/mol. The second-order valence-electron chi connectivity index (χ2n) is 5.92. The normalized spacial score (nSPS) is 28.1. The van der Waals surface area contributed by atoms with Gasteiger partial charge in [-0.2, -0.15) is 4.98 Å². The molecule has 0 radical (unpaired) electrons. The van der Waals surface area contributed by atoms with E-state index in [-0.39, 0.29) is 31.0 Å². The van der Waals surface area contributed by atoms with Crippen LogP contribution in [-0.4, -0.2) is 68.1 Å². The number of esters is 1. The number of nitrogens with zero attached hydrogens (tertiary/aromatic N) is 2. The number of ether oxygens (including phenoxy) is 2. The second kappa shape index (κ2) is 7.91. The average molecular weight is 371 g/mol. The Balaban J connectivity index is 2.38. The summed E-state index contributed by atoms with van der Waals surface area (Å²) in [6.45, 7) is 0.497. The van der Waals surface area contributed by atoms with Crippen LogP contribution in [0.5, 0.6) is 0 Å². The maximum Gasteiger partial charge on any atom is 0.363 e. The Hall–Kier alpha value is -2.34. The van der Waals surface area contributed by atoms with Crippen molar-refractivity contribution in [2.24, 2.45) is 0 Å². The number of hydrogen-bond acceptors (Lipinski definition) is 10. The third-order valence-electron chi connectivity index (χ3n) is 4.00. The van der Waals surface area contributed by atoms with E-state index in [9.17, 15) is 29.7 Å². The number of hydrogen-bond donors (Lipinski definition) is 4. The molecule has 11 nitrogen and oxygen atoms in total. The minimum Gasteiger partial charge on any atom is -0.462 e. The van der Waals surface area contributed by atoms with E-state index in [4.69, 9.17) is 15.2 Å². The molecule has 5 N–H and O–H groups in total. The minimum absolute atomic E-state index is 0.0948. The van der Waals surface area contributed by atoms with E-state index in [1.165, 1.54) is 13.0 Å². The molecule has 0 bridgehead atoms. The smallest absolute Gasteiger partial charge is 0.363 e. The van der Waals surface area contributed by atoms with Crippen molar-refractivity contribution in [1.29, 1.82) is 0 Å². The molecule has 144 valence electrons. The van der Waals surface area contributed by atoms with Gasteiger partial charge in [-0.1, -0.05) is 0 Å². The maximum atomic E-state index is 12.7. The molecule has 1 fully saturated rings. The first-order valence-corrected chi connectivity index (χ1v) is 7.91. The maximum absolute atomic E-state index is 12.7. The summed E-state index contributed by atoms with van der Waals surface area (Å²) in [5, 5.41) is 29.8. The molecule has 1 saturated heterocycles. The van der Waals surface area contributed by atoms with Crippen LogP contribution in [0.4, 0.5) is 5.82 Å². The first kappa shape index (κ1) is 20.0. The number of anilines is 1. The molecule has 0 amide bonds. The van der Waals surface area contributed by atoms with E-state index in [0.29, 0.717) is 4.57 Å². The van der Waals surface area contributed by atoms with Crippen LogP contribution in [0.3, 0.4) is 0 Å². The Morgan fingerprint density at radius 2 is 2.15 bits per heavy atom. The van der Waals surface area contributed by atoms with Crippen LogP contribution in [-0.2, 0) is 24.8 Å². The molecule has 26 heavy (non-hydrogen) atoms. The van der Waals surface area contributed by atoms with Crippen LogP contribution >= 0.6 is 0 Å². The predicted octanol–water partition coefficient (Wildman–Crippen LogP) is -2.50. The third kappa shape index (κ3) is 3.60. The Morgan fingerprint density at radius 3 is 2.69 bits per heavy atom. The molecule has 1 aliphatic heterocycles. The lowest BCUT2D eigenvalue weighted by molar-refractivity contribution is -0.202. The second-order valence-corrected chi connectivity index (χ2v) is 5.92. The third-order valence-corrected chi connectivity index (χ3v) is 4.00. The van der Waals surface area contributed by atoms with Gasteiger partial charge in [0.15, 0.2) is 0 Å². The van der Waals surface area contributed by atoms with E-state index in [1.807, 2.05) is 0 Å². The molecule has 4 atom stereocenters. The van der Waals surface area contributed by atoms with Crippen LogP contribution in [0.15, 0.2) is 17.1 Å². The van der Waals surface area contributed by atoms with E-state index >= 15 is 0 Å². The van der Waals surface area contributed by atoms with Gasteiger partial charge in [-0.05, 0) is 19.4 Å². The molecule has 1 aromatic heterocycles. The molecule has 1 aromatic rings. The van der Waals surface area contributed by atoms with Crippen LogP contribution in [0, 0.1) is 0 Å². The quantitative estimate of drug-likeness (QED) is 0.296. The van der Waals surface area contributed by atoms with E-state index in [1.54, 1.807) is 0 Å². The summed E-state index contributed by atoms with van der Waals surface area (Å²) in [6.07, 6.45) is -3.43. The summed E-state index contributed by atoms with van der Waals surface area (Å²) in [6, 6.07) is 1.20. The minimum atomic E-state index is -2.44. The molecule has 0 saturated carbocycles. The summed E-state index contributed by atoms with van der Waals surface area (Å²) >= 11 is 0. The van der Waals surface area contributed by atoms with Gasteiger partial charge in [0.1, 0.15) is 29.9 Å². The number of aliphatic hydroxyl groups excluding tert-OH is 3. The molecule has 0 unspecified atom stereocenters. The van der Waals surface area contributed by atoms with Gasteiger partial charge in [0.25, 0.3) is 5.72 Å². The Morgan fingerprint density at radius 1 is 1.46 bits per heavy atom. The van der Waals surface area contributed by atoms with Gasteiger partial charge in [0.2, 0.25) is 0 Å². The molecular formula is C15H21N3O8. The van der Waals surface area contributed by atoms with Crippen molar-refractivity contribution < 1.29 is 34.4 Å². The van der Waals surface area contributed by atoms with Gasteiger partial charge in [0.05, 0.1) is 13.2 Å². The van der Waals surface area contributed by atoms with E-state index < -0.39 is 42.3 Å². The first-order valence-electron chi connectivity index (χ1n) is 7.91. The zero-order valence-corrected chi connectivity index (χ0v) is 14.1. The molecule has 0 aliphatic carbocycles. The SMILES string of the molecule is CC(=O)CCCOC(=O)[C@@]1(n2ccc(N)nc2=O)O[C@H](CO)[C@@H](O)[C@H]1O. The van der Waals surface area contributed by atoms with Gasteiger partial charge in [-0.3, -0.25) is 4.57 Å². The number of Topliss-reactive ketones (excluding diaryl/α,β-unsaturated/α-hetero) is 1. The number of carbonyl (C=O) groups is 2. The van der Waals surface area contributed by atoms with Crippen molar-refractivity contribution in [1.82, 2.24) is 9.55 Å². The number of rotatable bonds is 7. The first-order chi connectivity index (χ1) is 12.2. The van der Waals surface area contributed by atoms with Gasteiger partial charge in [-0.15, -0.1) is 0 Å². The highest BCUT2D eigenvalue weighted by molar-refractivity contribution is 5.79. The summed E-state index contributed by atoms with van der Waals surface area (Å²) in [4.78, 5) is 39.3. The fourth-order valence-corrected chi connectivity index (χ4v) is 2.68. The Labute approximate surface area is 148 Å². The van der Waals surface area contributed by atoms with Crippen LogP contribution in [0.25, 0.3) is 0 Å². The largest absolute Gasteiger partial charge is 0.462 e. The standard InChI is InChI=1S/C15H21N3O8/c1-8(20)3-2-6-25-13(23)15(12(22)11(21)9(7-19)26-15)18-5-4-10(16)17-14(18)24/h4-5,9,11-12,19,21-22H,2-3,6-7H2,1H3,(H2,16,17,24)/t9-,11-,12-,15+/m1/s1. The fraction of sp³-hybridized carbons (Fsp3) is 0.600. The zero-order chi connectivity index (χ0) is 19.5. The van der Waals surface area contributed by atoms with Gasteiger partial charge in [0, 0.05) is 12.6 Å². The lowest BCUT2D eigenvalue weighted by atomic mass is 10.0. The summed E-state index contributed by atoms with van der Waals surface area (Å²) in [7, 11) is 0. The molecule has 11 heteroatoms. The molecule has 2 heterocycles. The van der Waals surface area contributed by atoms with Crippen molar-refractivity contribution in [3.63, 3.8) is 0 Å². The summed E-state index contributed by atoms with van der Waals surface area (Å²) in [5.41, 5.74) is 1.96. The lowest BCUT2D eigenvalue weighted by Crippen LogP contribution is -2.56. The number of ketones is 1. The van der Waals surface area contributed by atoms with E-state index in [0.717, 1.165) is 6.20 Å². The van der Waals surface area contributed by atoms with Crippen molar-refractivity contribution >= 4 is 17.6 Å². The molecule has 0 aromatic carbocycles. The van der Waals surface area contributed by atoms with Gasteiger partial charge >= 0.3 is 11.7 Å². The highest BCUT2D eigenvalue weighted by Crippen LogP contribution is 2.36. The molecular weight excluding hydrogens is 350 g/mol. The van der Waals surface area contributed by atoms with Crippen molar-refractivity contribution in [2.45, 2.75) is 43.8 Å². The summed E-state index contributed by atoms with van der Waals surface area (Å²) < 4.78 is 11.1. The fourth-order valence-electron chi connectivity index (χ4n) is 2.68. The van der Waals surface area contributed by atoms with Crippen LogP contribution in [0.1, 0.15) is 19.8 Å². The molecule has 0 spiro atoms. The monoisotopic (exact) mass is 371 g/mol. The Bertz CT molecular complexity index is 736. The zero-order valence-electron chi connectivity index (χ0n) is 14.1. The number of nitrogens with two attached hydrogens (primary N) is 1. The van der Waals surface area contributed by atoms with Crippen molar-refractivity contribution in [3.8, 4) is 0 Å².